The molecule has 0 aromatic heterocycles. The molecule has 0 atom stereocenters. The normalized spacial score (nSPS) is 19.7. The smallest absolute Gasteiger partial charge is 0.280 e. The van der Waals surface area contributed by atoms with Gasteiger partial charge in [0.2, 0.25) is 0 Å². The van der Waals surface area contributed by atoms with Gasteiger partial charge in [0.05, 0.1) is 6.10 Å². The van der Waals surface area contributed by atoms with Gasteiger partial charge in [-0.05, 0) is 49.9 Å². The van der Waals surface area contributed by atoms with Crippen LogP contribution in [0.3, 0.4) is 0 Å². The average molecular weight is 405 g/mol. The third-order valence-electron chi connectivity index (χ3n) is 4.82. The number of aliphatic hydroxyl groups is 1. The van der Waals surface area contributed by atoms with Gasteiger partial charge in [0.15, 0.2) is 17.6 Å². The van der Waals surface area contributed by atoms with E-state index in [1.54, 1.807) is 18.2 Å². The minimum atomic E-state index is -1.14. The van der Waals surface area contributed by atoms with Crippen molar-refractivity contribution in [1.29, 1.82) is 0 Å². The summed E-state index contributed by atoms with van der Waals surface area (Å²) < 4.78 is 40.4. The monoisotopic (exact) mass is 405 g/mol. The quantitative estimate of drug-likeness (QED) is 0.539. The topological polar surface area (TPSA) is 73.7 Å². The van der Waals surface area contributed by atoms with E-state index in [1.165, 1.54) is 6.07 Å². The molecule has 29 heavy (non-hydrogen) atoms. The second-order valence-electron chi connectivity index (χ2n) is 6.99. The van der Waals surface area contributed by atoms with Gasteiger partial charge < -0.3 is 15.7 Å². The number of halogens is 3. The van der Waals surface area contributed by atoms with Crippen molar-refractivity contribution < 1.29 is 23.1 Å². The molecule has 0 unspecified atom stereocenters. The lowest BCUT2D eigenvalue weighted by atomic mass is 9.93. The molecule has 1 saturated carbocycles. The van der Waals surface area contributed by atoms with Crippen molar-refractivity contribution in [3.63, 3.8) is 0 Å². The molecule has 1 aliphatic rings. The molecule has 0 aliphatic heterocycles. The molecule has 5 nitrogen and oxygen atoms in total. The third-order valence-corrected chi connectivity index (χ3v) is 4.82. The number of carbonyl (C=O) groups is 1. The summed E-state index contributed by atoms with van der Waals surface area (Å²) in [5, 5.41) is 15.7. The van der Waals surface area contributed by atoms with Crippen molar-refractivity contribution in [2.24, 2.45) is 4.99 Å². The molecule has 0 radical (unpaired) electrons. The Morgan fingerprint density at radius 2 is 1.72 bits per heavy atom. The molecule has 3 N–H and O–H groups in total. The summed E-state index contributed by atoms with van der Waals surface area (Å²) in [6.07, 6.45) is 2.26. The molecule has 3 rings (SSSR count). The molecule has 154 valence electrons. The highest BCUT2D eigenvalue weighted by Gasteiger charge is 2.21. The van der Waals surface area contributed by atoms with Crippen molar-refractivity contribution >= 4 is 11.9 Å². The largest absolute Gasteiger partial charge is 0.393 e. The number of aliphatic hydroxyl groups excluding tert-OH is 1. The van der Waals surface area contributed by atoms with E-state index in [2.05, 4.69) is 15.6 Å². The first-order valence-corrected chi connectivity index (χ1v) is 9.42. The van der Waals surface area contributed by atoms with Gasteiger partial charge in [-0.1, -0.05) is 18.2 Å². The molecule has 1 aliphatic carbocycles. The SMILES string of the molecule is O=C(/N=C(/NCc1ccccc1F)N[C@H]1CC[C@H](O)CC1)c1ccc(F)c(F)c1. The number of hydrogen-bond acceptors (Lipinski definition) is 2. The highest BCUT2D eigenvalue weighted by Crippen LogP contribution is 2.18. The van der Waals surface area contributed by atoms with Crippen LogP contribution in [0.2, 0.25) is 0 Å². The first kappa shape index (κ1) is 20.9. The number of amides is 1. The highest BCUT2D eigenvalue weighted by molar-refractivity contribution is 6.02. The summed E-state index contributed by atoms with van der Waals surface area (Å²) in [4.78, 5) is 16.4. The first-order chi connectivity index (χ1) is 13.9. The number of nitrogens with one attached hydrogen (secondary N) is 2. The van der Waals surface area contributed by atoms with E-state index in [0.29, 0.717) is 31.2 Å². The second-order valence-corrected chi connectivity index (χ2v) is 6.99. The predicted molar refractivity (Wildman–Crippen MR) is 103 cm³/mol. The van der Waals surface area contributed by atoms with E-state index in [-0.39, 0.29) is 30.2 Å². The number of benzene rings is 2. The zero-order chi connectivity index (χ0) is 20.8. The molecule has 0 bridgehead atoms. The lowest BCUT2D eigenvalue weighted by Gasteiger charge is -2.27. The van der Waals surface area contributed by atoms with E-state index in [1.807, 2.05) is 0 Å². The van der Waals surface area contributed by atoms with Crippen LogP contribution in [0.5, 0.6) is 0 Å². The van der Waals surface area contributed by atoms with Crippen LogP contribution in [0, 0.1) is 17.5 Å². The molecular weight excluding hydrogens is 383 g/mol. The fraction of sp³-hybridized carbons (Fsp3) is 0.333. The summed E-state index contributed by atoms with van der Waals surface area (Å²) in [6, 6.07) is 8.97. The van der Waals surface area contributed by atoms with Gasteiger partial charge >= 0.3 is 0 Å². The van der Waals surface area contributed by atoms with Crippen LogP contribution in [-0.4, -0.2) is 29.1 Å². The Morgan fingerprint density at radius 3 is 2.41 bits per heavy atom. The van der Waals surface area contributed by atoms with Gasteiger partial charge in [-0.25, -0.2) is 13.2 Å². The standard InChI is InChI=1S/C21H22F3N3O2/c22-17-4-2-1-3-14(17)12-25-21(26-15-6-8-16(28)9-7-15)27-20(29)13-5-10-18(23)19(24)11-13/h1-5,10-11,15-16,28H,6-9,12H2,(H2,25,26,27,29)/t15-,16-. The van der Waals surface area contributed by atoms with Crippen LogP contribution in [0.4, 0.5) is 13.2 Å². The number of guanidine groups is 1. The van der Waals surface area contributed by atoms with Crippen LogP contribution >= 0.6 is 0 Å². The number of rotatable bonds is 4. The Hall–Kier alpha value is -2.87. The molecule has 1 amide bonds. The predicted octanol–water partition coefficient (Wildman–Crippen LogP) is 3.28. The fourth-order valence-electron chi connectivity index (χ4n) is 3.15. The molecule has 0 spiro atoms. The minimum absolute atomic E-state index is 0.0250. The number of hydrogen-bond donors (Lipinski definition) is 3. The van der Waals surface area contributed by atoms with Gasteiger partial charge in [-0.2, -0.15) is 4.99 Å². The van der Waals surface area contributed by atoms with Crippen molar-refractivity contribution in [1.82, 2.24) is 10.6 Å². The third kappa shape index (κ3) is 5.80. The van der Waals surface area contributed by atoms with Crippen molar-refractivity contribution in [3.05, 3.63) is 71.0 Å². The second kappa shape index (κ2) is 9.56. The lowest BCUT2D eigenvalue weighted by molar-refractivity contribution is 0.1000. The Bertz CT molecular complexity index is 896. The van der Waals surface area contributed by atoms with Gasteiger partial charge in [-0.15, -0.1) is 0 Å². The van der Waals surface area contributed by atoms with Gasteiger partial charge in [0, 0.05) is 23.7 Å². The summed E-state index contributed by atoms with van der Waals surface area (Å²) in [5.74, 6) is -3.23. The maximum Gasteiger partial charge on any atom is 0.280 e. The van der Waals surface area contributed by atoms with E-state index < -0.39 is 23.4 Å². The van der Waals surface area contributed by atoms with Crippen molar-refractivity contribution in [2.45, 2.75) is 44.4 Å². The van der Waals surface area contributed by atoms with Gasteiger partial charge in [0.1, 0.15) is 5.82 Å². The molecule has 0 heterocycles. The van der Waals surface area contributed by atoms with Crippen molar-refractivity contribution in [3.8, 4) is 0 Å². The first-order valence-electron chi connectivity index (χ1n) is 9.42. The highest BCUT2D eigenvalue weighted by atomic mass is 19.2. The maximum atomic E-state index is 13.9. The zero-order valence-corrected chi connectivity index (χ0v) is 15.7. The fourth-order valence-corrected chi connectivity index (χ4v) is 3.15. The van der Waals surface area contributed by atoms with E-state index >= 15 is 0 Å². The molecule has 2 aromatic rings. The summed E-state index contributed by atoms with van der Waals surface area (Å²) >= 11 is 0. The van der Waals surface area contributed by atoms with E-state index in [4.69, 9.17) is 0 Å². The zero-order valence-electron chi connectivity index (χ0n) is 15.7. The summed E-state index contributed by atoms with van der Waals surface area (Å²) in [6.45, 7) is 0.0823. The van der Waals surface area contributed by atoms with E-state index in [9.17, 15) is 23.1 Å². The van der Waals surface area contributed by atoms with E-state index in [0.717, 1.165) is 18.2 Å². The Balaban J connectivity index is 1.76. The van der Waals surface area contributed by atoms with Crippen LogP contribution in [-0.2, 0) is 6.54 Å². The molecule has 8 heteroatoms. The van der Waals surface area contributed by atoms with Crippen molar-refractivity contribution in [2.75, 3.05) is 0 Å². The Morgan fingerprint density at radius 1 is 1.00 bits per heavy atom. The molecular formula is C21H22F3N3O2. The molecule has 1 fully saturated rings. The van der Waals surface area contributed by atoms with Gasteiger partial charge in [0.25, 0.3) is 5.91 Å². The van der Waals surface area contributed by atoms with Crippen LogP contribution < -0.4 is 10.6 Å². The summed E-state index contributed by atoms with van der Waals surface area (Å²) in [7, 11) is 0. The van der Waals surface area contributed by atoms with Gasteiger partial charge in [-0.3, -0.25) is 4.79 Å². The number of aliphatic imine (C=N–C) groups is 1. The lowest BCUT2D eigenvalue weighted by Crippen LogP contribution is -2.45. The Kier molecular flexibility index (Phi) is 6.87. The maximum absolute atomic E-state index is 13.9. The summed E-state index contributed by atoms with van der Waals surface area (Å²) in [5.41, 5.74) is 0.288. The number of carbonyl (C=O) groups excluding carboxylic acids is 1. The Labute approximate surface area is 166 Å². The van der Waals surface area contributed by atoms with Crippen LogP contribution in [0.1, 0.15) is 41.6 Å². The molecule has 2 aromatic carbocycles. The number of nitrogens with zero attached hydrogens (tertiary/aromatic N) is 1. The average Bonchev–Trinajstić information content (AvgIpc) is 2.71. The molecule has 0 saturated heterocycles. The minimum Gasteiger partial charge on any atom is -0.393 e. The van der Waals surface area contributed by atoms with Crippen LogP contribution in [0.25, 0.3) is 0 Å². The van der Waals surface area contributed by atoms with Crippen LogP contribution in [0.15, 0.2) is 47.5 Å².